The SMILES string of the molecule is Cn1cc(-c2cnn3c(Nc4ccccc4)cc(C4CCCN(C(=O)OC(C)(C)C)C4)nc23)cn1.Cn1cc(-c2cnn3c(Nc4ccccc4)cc(C4CCCNC4)nc23)cn1. The summed E-state index contributed by atoms with van der Waals surface area (Å²) in [6, 6.07) is 24.4. The molecule has 1 amide bonds. The normalized spacial score (nSPS) is 16.7. The van der Waals surface area contributed by atoms with Crippen LogP contribution in [0.3, 0.4) is 0 Å². The Hall–Kier alpha value is -7.07. The van der Waals surface area contributed by atoms with Gasteiger partial charge in [-0.15, -0.1) is 0 Å². The highest BCUT2D eigenvalue weighted by Gasteiger charge is 2.30. The van der Waals surface area contributed by atoms with Crippen molar-refractivity contribution in [2.75, 3.05) is 36.8 Å². The zero-order chi connectivity index (χ0) is 43.5. The maximum atomic E-state index is 12.8. The topological polar surface area (TPSA) is 162 Å². The van der Waals surface area contributed by atoms with E-state index in [1.165, 1.54) is 6.42 Å². The van der Waals surface area contributed by atoms with Crippen molar-refractivity contribution >= 4 is 40.4 Å². The molecule has 16 nitrogen and oxygen atoms in total. The summed E-state index contributed by atoms with van der Waals surface area (Å²) in [5.74, 6) is 2.24. The lowest BCUT2D eigenvalue weighted by atomic mass is 9.94. The van der Waals surface area contributed by atoms with Crippen molar-refractivity contribution in [2.24, 2.45) is 14.1 Å². The lowest BCUT2D eigenvalue weighted by Crippen LogP contribution is -2.42. The van der Waals surface area contributed by atoms with Crippen molar-refractivity contribution in [3.05, 3.63) is 121 Å². The Morgan fingerprint density at radius 3 is 1.70 bits per heavy atom. The Bertz CT molecular complexity index is 2810. The number of fused-ring (bicyclic) bond motifs is 2. The average molecular weight is 847 g/mol. The number of aryl methyl sites for hydroxylation is 2. The molecule has 6 aromatic heterocycles. The standard InChI is InChI=1S/C26H31N7O2.C21H23N7/c1-26(2,3)35-25(34)32-12-8-9-18(17-32)22-13-23(29-20-10-6-5-7-11-20)33-24(30-22)21(15-28-33)19-14-27-31(4)16-19;1-27-14-16(12-23-27)18-13-24-28-20(25-17-7-3-2-4-8-17)10-19(26-21(18)28)15-6-5-9-22-11-15/h5-7,10-11,13-16,18,29H,8-9,12,17H2,1-4H3;2-4,7-8,10,12-15,22,25H,5-6,9,11H2,1H3. The first-order valence-electron chi connectivity index (χ1n) is 21.6. The van der Waals surface area contributed by atoms with Gasteiger partial charge in [0.1, 0.15) is 17.2 Å². The number of hydrogen-bond acceptors (Lipinski definition) is 11. The molecule has 2 saturated heterocycles. The van der Waals surface area contributed by atoms with Crippen LogP contribution in [-0.2, 0) is 18.8 Å². The van der Waals surface area contributed by atoms with Gasteiger partial charge in [0.2, 0.25) is 0 Å². The summed E-state index contributed by atoms with van der Waals surface area (Å²) in [5.41, 5.74) is 8.99. The third-order valence-electron chi connectivity index (χ3n) is 11.3. The molecule has 0 spiro atoms. The van der Waals surface area contributed by atoms with Crippen molar-refractivity contribution in [3.63, 3.8) is 0 Å². The van der Waals surface area contributed by atoms with Gasteiger partial charge in [0.05, 0.1) is 36.2 Å². The number of nitrogens with zero attached hydrogens (tertiary/aromatic N) is 11. The fourth-order valence-corrected chi connectivity index (χ4v) is 8.24. The highest BCUT2D eigenvalue weighted by molar-refractivity contribution is 5.79. The third kappa shape index (κ3) is 9.40. The van der Waals surface area contributed by atoms with Gasteiger partial charge in [-0.1, -0.05) is 36.4 Å². The Morgan fingerprint density at radius 1 is 0.698 bits per heavy atom. The number of carbonyl (C=O) groups excluding carboxylic acids is 1. The van der Waals surface area contributed by atoms with E-state index < -0.39 is 5.60 Å². The first kappa shape index (κ1) is 41.3. The fraction of sp³-hybridized carbons (Fsp3) is 0.340. The summed E-state index contributed by atoms with van der Waals surface area (Å²) in [4.78, 5) is 24.6. The van der Waals surface area contributed by atoms with E-state index in [2.05, 4.69) is 54.5 Å². The predicted molar refractivity (Wildman–Crippen MR) is 244 cm³/mol. The second-order valence-electron chi connectivity index (χ2n) is 17.3. The molecule has 10 rings (SSSR count). The summed E-state index contributed by atoms with van der Waals surface area (Å²) in [6.45, 7) is 8.98. The van der Waals surface area contributed by atoms with E-state index in [1.54, 1.807) is 14.3 Å². The van der Waals surface area contributed by atoms with Gasteiger partial charge in [-0.2, -0.15) is 29.4 Å². The molecule has 2 aliphatic rings. The minimum atomic E-state index is -0.524. The first-order valence-corrected chi connectivity index (χ1v) is 21.6. The predicted octanol–water partition coefficient (Wildman–Crippen LogP) is 8.33. The Kier molecular flexibility index (Phi) is 11.6. The lowest BCUT2D eigenvalue weighted by molar-refractivity contribution is 0.0197. The molecule has 2 aliphatic heterocycles. The van der Waals surface area contributed by atoms with Gasteiger partial charge in [0, 0.05) is 104 Å². The quantitative estimate of drug-likeness (QED) is 0.135. The highest BCUT2D eigenvalue weighted by atomic mass is 16.6. The van der Waals surface area contributed by atoms with Crippen LogP contribution in [0.15, 0.2) is 110 Å². The molecular weight excluding hydrogens is 793 g/mol. The Balaban J connectivity index is 0.000000164. The Labute approximate surface area is 366 Å². The Morgan fingerprint density at radius 2 is 1.22 bits per heavy atom. The van der Waals surface area contributed by atoms with Crippen LogP contribution in [0.2, 0.25) is 0 Å². The van der Waals surface area contributed by atoms with Crippen LogP contribution in [0, 0.1) is 0 Å². The number of nitrogens with one attached hydrogen (secondary N) is 3. The van der Waals surface area contributed by atoms with E-state index in [0.29, 0.717) is 19.0 Å². The van der Waals surface area contributed by atoms with Crippen molar-refractivity contribution < 1.29 is 9.53 Å². The van der Waals surface area contributed by atoms with Crippen LogP contribution in [-0.4, -0.2) is 91.5 Å². The number of piperidine rings is 2. The number of likely N-dealkylation sites (tertiary alicyclic amines) is 1. The van der Waals surface area contributed by atoms with Crippen LogP contribution in [0.4, 0.5) is 27.8 Å². The fourth-order valence-electron chi connectivity index (χ4n) is 8.24. The van der Waals surface area contributed by atoms with Crippen molar-refractivity contribution in [1.82, 2.24) is 59.0 Å². The number of ether oxygens (including phenoxy) is 1. The molecule has 0 bridgehead atoms. The summed E-state index contributed by atoms with van der Waals surface area (Å²) in [7, 11) is 3.81. The minimum absolute atomic E-state index is 0.0919. The molecule has 2 aromatic carbocycles. The van der Waals surface area contributed by atoms with E-state index in [1.807, 2.05) is 136 Å². The van der Waals surface area contributed by atoms with Crippen LogP contribution in [0.1, 0.15) is 69.7 Å². The smallest absolute Gasteiger partial charge is 0.410 e. The van der Waals surface area contributed by atoms with E-state index >= 15 is 0 Å². The summed E-state index contributed by atoms with van der Waals surface area (Å²) in [6.07, 6.45) is 15.2. The molecule has 2 fully saturated rings. The average Bonchev–Trinajstić information content (AvgIpc) is 4.11. The maximum absolute atomic E-state index is 12.8. The second kappa shape index (κ2) is 17.7. The number of amides is 1. The zero-order valence-corrected chi connectivity index (χ0v) is 36.4. The molecule has 16 heteroatoms. The summed E-state index contributed by atoms with van der Waals surface area (Å²) < 4.78 is 12.9. The summed E-state index contributed by atoms with van der Waals surface area (Å²) in [5, 5.41) is 28.4. The molecule has 0 aliphatic carbocycles. The van der Waals surface area contributed by atoms with E-state index in [-0.39, 0.29) is 12.0 Å². The third-order valence-corrected chi connectivity index (χ3v) is 11.3. The molecule has 63 heavy (non-hydrogen) atoms. The number of para-hydroxylation sites is 2. The number of carbonyl (C=O) groups is 1. The monoisotopic (exact) mass is 846 g/mol. The second-order valence-corrected chi connectivity index (χ2v) is 17.3. The maximum Gasteiger partial charge on any atom is 0.410 e. The zero-order valence-electron chi connectivity index (χ0n) is 36.4. The molecule has 2 atom stereocenters. The van der Waals surface area contributed by atoms with Gasteiger partial charge in [0.15, 0.2) is 11.3 Å². The van der Waals surface area contributed by atoms with Gasteiger partial charge in [-0.05, 0) is 77.3 Å². The number of hydrogen-bond donors (Lipinski definition) is 3. The minimum Gasteiger partial charge on any atom is -0.444 e. The molecule has 0 radical (unpaired) electrons. The molecule has 0 saturated carbocycles. The van der Waals surface area contributed by atoms with Crippen LogP contribution < -0.4 is 16.0 Å². The highest BCUT2D eigenvalue weighted by Crippen LogP contribution is 2.34. The number of rotatable bonds is 8. The molecule has 8 heterocycles. The van der Waals surface area contributed by atoms with Crippen molar-refractivity contribution in [1.29, 1.82) is 0 Å². The summed E-state index contributed by atoms with van der Waals surface area (Å²) >= 11 is 0. The van der Waals surface area contributed by atoms with E-state index in [4.69, 9.17) is 14.7 Å². The van der Waals surface area contributed by atoms with Crippen LogP contribution in [0.25, 0.3) is 33.5 Å². The van der Waals surface area contributed by atoms with Crippen LogP contribution in [0.5, 0.6) is 0 Å². The lowest BCUT2D eigenvalue weighted by Gasteiger charge is -2.34. The number of aromatic nitrogens is 10. The van der Waals surface area contributed by atoms with Gasteiger partial charge >= 0.3 is 6.09 Å². The largest absolute Gasteiger partial charge is 0.444 e. The van der Waals surface area contributed by atoms with E-state index in [9.17, 15) is 4.79 Å². The van der Waals surface area contributed by atoms with Gasteiger partial charge in [-0.3, -0.25) is 9.36 Å². The molecule has 324 valence electrons. The molecule has 2 unspecified atom stereocenters. The van der Waals surface area contributed by atoms with Gasteiger partial charge < -0.3 is 25.6 Å². The van der Waals surface area contributed by atoms with Crippen molar-refractivity contribution in [2.45, 2.75) is 63.9 Å². The molecule has 3 N–H and O–H groups in total. The number of benzene rings is 2. The van der Waals surface area contributed by atoms with E-state index in [0.717, 1.165) is 100 Å². The number of anilines is 4. The van der Waals surface area contributed by atoms with Crippen LogP contribution >= 0.6 is 0 Å². The van der Waals surface area contributed by atoms with Crippen molar-refractivity contribution in [3.8, 4) is 22.3 Å². The van der Waals surface area contributed by atoms with Gasteiger partial charge in [0.25, 0.3) is 0 Å². The van der Waals surface area contributed by atoms with Gasteiger partial charge in [-0.25, -0.2) is 14.8 Å². The first-order chi connectivity index (χ1) is 30.5. The molecular formula is C47H54N14O2. The molecule has 8 aromatic rings.